The topological polar surface area (TPSA) is 142 Å². The number of thiazole rings is 1. The van der Waals surface area contributed by atoms with Crippen LogP contribution in [0, 0.1) is 0 Å². The maximum atomic E-state index is 12.9. The second-order valence-electron chi connectivity index (χ2n) is 8.60. The monoisotopic (exact) mass is 466 g/mol. The number of nitrogens with zero attached hydrogens (tertiary/aromatic N) is 2. The molecule has 1 unspecified atom stereocenters. The molecule has 2 aliphatic rings. The summed E-state index contributed by atoms with van der Waals surface area (Å²) < 4.78 is 27.5. The van der Waals surface area contributed by atoms with E-state index >= 15 is 0 Å². The summed E-state index contributed by atoms with van der Waals surface area (Å²) in [6, 6.07) is -0.871. The Bertz CT molecular complexity index is 1150. The summed E-state index contributed by atoms with van der Waals surface area (Å²) in [5.74, 6) is 0.304. The minimum atomic E-state index is -4.29. The average Bonchev–Trinajstić information content (AvgIpc) is 3.39. The number of sulfonamides is 1. The third-order valence-electron chi connectivity index (χ3n) is 5.70. The van der Waals surface area contributed by atoms with Gasteiger partial charge in [0.2, 0.25) is 0 Å². The average molecular weight is 467 g/mol. The van der Waals surface area contributed by atoms with Gasteiger partial charge in [-0.3, -0.25) is 4.98 Å². The first kappa shape index (κ1) is 22.1. The molecule has 0 spiro atoms. The maximum absolute atomic E-state index is 12.9. The Hall–Kier alpha value is -2.08. The highest BCUT2D eigenvalue weighted by Crippen LogP contribution is 2.41. The second kappa shape index (κ2) is 7.80. The van der Waals surface area contributed by atoms with E-state index in [9.17, 15) is 23.4 Å². The van der Waals surface area contributed by atoms with Crippen LogP contribution in [0.2, 0.25) is 0 Å². The summed E-state index contributed by atoms with van der Waals surface area (Å²) >= 11 is 0.725. The van der Waals surface area contributed by atoms with Crippen LogP contribution in [-0.2, 0) is 41.5 Å². The van der Waals surface area contributed by atoms with Crippen LogP contribution in [0.15, 0.2) is 4.21 Å². The predicted octanol–water partition coefficient (Wildman–Crippen LogP) is 2.31. The molecule has 4 N–H and O–H groups in total. The molecule has 2 aromatic rings. The molecule has 2 aliphatic carbocycles. The summed E-state index contributed by atoms with van der Waals surface area (Å²) in [6.45, 7) is 4.41. The number of fused-ring (bicyclic) bond motifs is 2. The van der Waals surface area contributed by atoms with Crippen molar-refractivity contribution in [3.8, 4) is 0 Å². The van der Waals surface area contributed by atoms with Gasteiger partial charge in [-0.1, -0.05) is 6.92 Å². The van der Waals surface area contributed by atoms with Gasteiger partial charge in [-0.05, 0) is 63.0 Å². The lowest BCUT2D eigenvalue weighted by Crippen LogP contribution is -2.35. The lowest BCUT2D eigenvalue weighted by molar-refractivity contribution is 0.0779. The molecule has 0 bridgehead atoms. The summed E-state index contributed by atoms with van der Waals surface area (Å²) in [4.78, 5) is 21.6. The Morgan fingerprint density at radius 3 is 2.65 bits per heavy atom. The minimum absolute atomic E-state index is 0.109. The molecule has 2 aromatic heterocycles. The van der Waals surface area contributed by atoms with E-state index < -0.39 is 28.3 Å². The zero-order chi connectivity index (χ0) is 22.6. The van der Waals surface area contributed by atoms with Crippen molar-refractivity contribution in [1.82, 2.24) is 14.7 Å². The SMILES string of the molecule is CC1CCc2c1nc1c(c2NC(=O)NS(=O)(=O)c2sc(C(C)(C)O)nc2CO)CCC1. The Kier molecular flexibility index (Phi) is 5.57. The Balaban J connectivity index is 1.62. The Morgan fingerprint density at radius 1 is 1.23 bits per heavy atom. The summed E-state index contributed by atoms with van der Waals surface area (Å²) in [6.07, 6.45) is 4.34. The van der Waals surface area contributed by atoms with Crippen molar-refractivity contribution in [3.05, 3.63) is 33.2 Å². The minimum Gasteiger partial charge on any atom is -0.390 e. The number of aromatic nitrogens is 2. The zero-order valence-electron chi connectivity index (χ0n) is 17.7. The van der Waals surface area contributed by atoms with Crippen molar-refractivity contribution in [2.24, 2.45) is 0 Å². The lowest BCUT2D eigenvalue weighted by Gasteiger charge is -2.16. The number of rotatable bonds is 5. The number of pyridine rings is 1. The molecule has 0 saturated carbocycles. The van der Waals surface area contributed by atoms with E-state index in [-0.39, 0.29) is 14.9 Å². The normalized spacial score (nSPS) is 18.0. The highest BCUT2D eigenvalue weighted by molar-refractivity contribution is 7.92. The first-order valence-electron chi connectivity index (χ1n) is 10.2. The van der Waals surface area contributed by atoms with Crippen LogP contribution in [0.5, 0.6) is 0 Å². The number of aliphatic hydroxyl groups is 2. The van der Waals surface area contributed by atoms with Crippen molar-refractivity contribution in [2.75, 3.05) is 5.32 Å². The number of urea groups is 1. The van der Waals surface area contributed by atoms with E-state index in [1.807, 2.05) is 4.72 Å². The van der Waals surface area contributed by atoms with Gasteiger partial charge in [0.1, 0.15) is 10.6 Å². The summed E-state index contributed by atoms with van der Waals surface area (Å²) in [7, 11) is -4.29. The van der Waals surface area contributed by atoms with E-state index in [4.69, 9.17) is 4.98 Å². The van der Waals surface area contributed by atoms with E-state index in [1.165, 1.54) is 13.8 Å². The highest BCUT2D eigenvalue weighted by atomic mass is 32.2. The number of aryl methyl sites for hydroxylation is 1. The Morgan fingerprint density at radius 2 is 1.97 bits per heavy atom. The smallest absolute Gasteiger partial charge is 0.333 e. The quantitative estimate of drug-likeness (QED) is 0.530. The molecule has 2 amide bonds. The number of carbonyl (C=O) groups excluding carboxylic acids is 1. The van der Waals surface area contributed by atoms with Gasteiger partial charge >= 0.3 is 6.03 Å². The number of carbonyl (C=O) groups is 1. The molecule has 4 rings (SSSR count). The summed E-state index contributed by atoms with van der Waals surface area (Å²) in [5, 5.41) is 22.6. The van der Waals surface area contributed by atoms with Gasteiger partial charge in [0.15, 0.2) is 4.21 Å². The number of nitrogens with one attached hydrogen (secondary N) is 2. The van der Waals surface area contributed by atoms with Crippen molar-refractivity contribution in [2.45, 2.75) is 75.2 Å². The van der Waals surface area contributed by atoms with Crippen LogP contribution < -0.4 is 10.0 Å². The van der Waals surface area contributed by atoms with Crippen molar-refractivity contribution < 1.29 is 23.4 Å². The molecular weight excluding hydrogens is 440 g/mol. The van der Waals surface area contributed by atoms with Gasteiger partial charge in [0, 0.05) is 11.4 Å². The highest BCUT2D eigenvalue weighted by Gasteiger charge is 2.32. The Labute approximate surface area is 185 Å². The van der Waals surface area contributed by atoms with Crippen LogP contribution in [-0.4, -0.2) is 34.6 Å². The molecule has 0 radical (unpaired) electrons. The lowest BCUT2D eigenvalue weighted by atomic mass is 10.0. The fourth-order valence-corrected chi connectivity index (χ4v) is 6.59. The molecule has 0 aromatic carbocycles. The van der Waals surface area contributed by atoms with Gasteiger partial charge in [-0.25, -0.2) is 22.9 Å². The first-order chi connectivity index (χ1) is 14.5. The van der Waals surface area contributed by atoms with Gasteiger partial charge in [0.05, 0.1) is 18.0 Å². The van der Waals surface area contributed by atoms with Crippen LogP contribution in [0.25, 0.3) is 0 Å². The number of aliphatic hydroxyl groups excluding tert-OH is 1. The third-order valence-corrected chi connectivity index (χ3v) is 8.99. The van der Waals surface area contributed by atoms with E-state index in [0.717, 1.165) is 66.0 Å². The molecule has 1 atom stereocenters. The number of hydrogen-bond acceptors (Lipinski definition) is 8. The van der Waals surface area contributed by atoms with E-state index in [2.05, 4.69) is 17.2 Å². The molecular formula is C20H26N4O5S2. The molecule has 0 fully saturated rings. The van der Waals surface area contributed by atoms with Crippen LogP contribution in [0.1, 0.15) is 72.7 Å². The maximum Gasteiger partial charge on any atom is 0.333 e. The second-order valence-corrected chi connectivity index (χ2v) is 11.5. The fourth-order valence-electron chi connectivity index (χ4n) is 4.17. The molecule has 168 valence electrons. The van der Waals surface area contributed by atoms with Crippen molar-refractivity contribution in [1.29, 1.82) is 0 Å². The zero-order valence-corrected chi connectivity index (χ0v) is 19.3. The number of amides is 2. The van der Waals surface area contributed by atoms with Gasteiger partial charge < -0.3 is 15.5 Å². The van der Waals surface area contributed by atoms with Crippen LogP contribution >= 0.6 is 11.3 Å². The van der Waals surface area contributed by atoms with E-state index in [0.29, 0.717) is 11.6 Å². The predicted molar refractivity (Wildman–Crippen MR) is 116 cm³/mol. The third kappa shape index (κ3) is 4.07. The van der Waals surface area contributed by atoms with Crippen molar-refractivity contribution in [3.63, 3.8) is 0 Å². The standard InChI is InChI=1S/C20H26N4O5S2/c1-10-7-8-12-15(10)21-13-6-4-5-11(13)16(12)23-19(26)24-31(28,29)17-14(9-25)22-18(30-17)20(2,3)27/h10,25,27H,4-9H2,1-3H3,(H2,21,23,24,26). The van der Waals surface area contributed by atoms with Crippen LogP contribution in [0.3, 0.4) is 0 Å². The van der Waals surface area contributed by atoms with Gasteiger partial charge in [0.25, 0.3) is 10.0 Å². The van der Waals surface area contributed by atoms with Crippen molar-refractivity contribution >= 4 is 33.1 Å². The van der Waals surface area contributed by atoms with Gasteiger partial charge in [-0.15, -0.1) is 11.3 Å². The first-order valence-corrected chi connectivity index (χ1v) is 12.5. The molecule has 11 heteroatoms. The molecule has 0 aliphatic heterocycles. The number of anilines is 1. The fraction of sp³-hybridized carbons (Fsp3) is 0.550. The number of hydrogen-bond donors (Lipinski definition) is 4. The van der Waals surface area contributed by atoms with Crippen LogP contribution in [0.4, 0.5) is 10.5 Å². The molecule has 31 heavy (non-hydrogen) atoms. The molecule has 2 heterocycles. The molecule has 9 nitrogen and oxygen atoms in total. The van der Waals surface area contributed by atoms with Gasteiger partial charge in [-0.2, -0.15) is 0 Å². The largest absolute Gasteiger partial charge is 0.390 e. The van der Waals surface area contributed by atoms with E-state index in [1.54, 1.807) is 0 Å². The molecule has 0 saturated heterocycles. The summed E-state index contributed by atoms with van der Waals surface area (Å²) in [5.41, 5.74) is 3.13.